The van der Waals surface area contributed by atoms with Gasteiger partial charge in [-0.15, -0.1) is 12.4 Å². The summed E-state index contributed by atoms with van der Waals surface area (Å²) in [7, 11) is 0. The topological polar surface area (TPSA) is 35.2 Å². The van der Waals surface area contributed by atoms with Crippen molar-refractivity contribution >= 4 is 12.4 Å². The fourth-order valence-electron chi connectivity index (χ4n) is 2.04. The second-order valence-electron chi connectivity index (χ2n) is 5.10. The van der Waals surface area contributed by atoms with Crippen LogP contribution in [0.4, 0.5) is 13.2 Å². The Kier molecular flexibility index (Phi) is 7.39. The van der Waals surface area contributed by atoms with Crippen molar-refractivity contribution in [3.63, 3.8) is 0 Å². The van der Waals surface area contributed by atoms with E-state index < -0.39 is 18.6 Å². The number of alkyl halides is 3. The maximum Gasteiger partial charge on any atom is 0.389 e. The van der Waals surface area contributed by atoms with Gasteiger partial charge in [-0.1, -0.05) is 42.5 Å². The summed E-state index contributed by atoms with van der Waals surface area (Å²) in [5.41, 5.74) is 7.50. The number of rotatable bonds is 6. The van der Waals surface area contributed by atoms with Crippen molar-refractivity contribution in [2.45, 2.75) is 31.7 Å². The molecule has 0 amide bonds. The van der Waals surface area contributed by atoms with Gasteiger partial charge in [0.2, 0.25) is 0 Å². The van der Waals surface area contributed by atoms with Gasteiger partial charge < -0.3 is 10.5 Å². The third-order valence-corrected chi connectivity index (χ3v) is 3.30. The largest absolute Gasteiger partial charge is 0.489 e. The van der Waals surface area contributed by atoms with E-state index in [9.17, 15) is 13.2 Å². The maximum absolute atomic E-state index is 12.2. The van der Waals surface area contributed by atoms with Crippen molar-refractivity contribution in [2.75, 3.05) is 0 Å². The van der Waals surface area contributed by atoms with E-state index in [4.69, 9.17) is 10.5 Å². The fourth-order valence-corrected chi connectivity index (χ4v) is 2.04. The summed E-state index contributed by atoms with van der Waals surface area (Å²) in [4.78, 5) is 0. The van der Waals surface area contributed by atoms with E-state index in [1.54, 1.807) is 24.3 Å². The standard InChI is InChI=1S/C17H18F3NO.ClH/c18-17(19,20)11-10-16(21)14-6-8-15(9-7-14)22-12-13-4-2-1-3-5-13;/h1-9,16H,10-12,21H2;1H/t16-;/m0./s1. The highest BCUT2D eigenvalue weighted by atomic mass is 35.5. The predicted molar refractivity (Wildman–Crippen MR) is 86.7 cm³/mol. The normalized spacial score (nSPS) is 12.3. The lowest BCUT2D eigenvalue weighted by molar-refractivity contribution is -0.136. The lowest BCUT2D eigenvalue weighted by Crippen LogP contribution is -2.15. The van der Waals surface area contributed by atoms with Gasteiger partial charge >= 0.3 is 6.18 Å². The van der Waals surface area contributed by atoms with Crippen molar-refractivity contribution in [3.05, 3.63) is 65.7 Å². The van der Waals surface area contributed by atoms with Crippen LogP contribution in [0.2, 0.25) is 0 Å². The van der Waals surface area contributed by atoms with Crippen molar-refractivity contribution in [1.82, 2.24) is 0 Å². The van der Waals surface area contributed by atoms with E-state index in [0.717, 1.165) is 5.56 Å². The molecule has 0 aliphatic carbocycles. The van der Waals surface area contributed by atoms with Crippen molar-refractivity contribution < 1.29 is 17.9 Å². The molecule has 23 heavy (non-hydrogen) atoms. The van der Waals surface area contributed by atoms with E-state index >= 15 is 0 Å². The van der Waals surface area contributed by atoms with Crippen molar-refractivity contribution in [2.24, 2.45) is 5.73 Å². The van der Waals surface area contributed by atoms with Crippen LogP contribution in [0.5, 0.6) is 5.75 Å². The predicted octanol–water partition coefficient (Wildman–Crippen LogP) is 5.03. The van der Waals surface area contributed by atoms with Crippen LogP contribution in [0.1, 0.15) is 30.0 Å². The van der Waals surface area contributed by atoms with E-state index in [2.05, 4.69) is 0 Å². The van der Waals surface area contributed by atoms with Crippen LogP contribution in [0, 0.1) is 0 Å². The first kappa shape index (κ1) is 19.3. The summed E-state index contributed by atoms with van der Waals surface area (Å²) in [6.07, 6.45) is -5.16. The molecule has 0 aliphatic heterocycles. The Morgan fingerprint density at radius 1 is 0.957 bits per heavy atom. The van der Waals surface area contributed by atoms with Gasteiger partial charge in [-0.3, -0.25) is 0 Å². The van der Waals surface area contributed by atoms with Gasteiger partial charge in [-0.25, -0.2) is 0 Å². The van der Waals surface area contributed by atoms with E-state index in [0.29, 0.717) is 17.9 Å². The summed E-state index contributed by atoms with van der Waals surface area (Å²) in [6, 6.07) is 16.0. The van der Waals surface area contributed by atoms with Gasteiger partial charge in [-0.2, -0.15) is 13.2 Å². The lowest BCUT2D eigenvalue weighted by atomic mass is 10.0. The summed E-state index contributed by atoms with van der Waals surface area (Å²) in [6.45, 7) is 0.445. The second-order valence-corrected chi connectivity index (χ2v) is 5.10. The zero-order valence-corrected chi connectivity index (χ0v) is 13.2. The Morgan fingerprint density at radius 2 is 1.57 bits per heavy atom. The molecule has 0 heterocycles. The Morgan fingerprint density at radius 3 is 2.13 bits per heavy atom. The van der Waals surface area contributed by atoms with Gasteiger partial charge in [0, 0.05) is 12.5 Å². The Labute approximate surface area is 139 Å². The number of hydrogen-bond donors (Lipinski definition) is 1. The van der Waals surface area contributed by atoms with Crippen LogP contribution in [0.25, 0.3) is 0 Å². The molecule has 0 aliphatic rings. The molecule has 126 valence electrons. The van der Waals surface area contributed by atoms with Crippen LogP contribution in [0.3, 0.4) is 0 Å². The summed E-state index contributed by atoms with van der Waals surface area (Å²) >= 11 is 0. The molecule has 0 aromatic heterocycles. The van der Waals surface area contributed by atoms with Crippen molar-refractivity contribution in [3.8, 4) is 5.75 Å². The highest BCUT2D eigenvalue weighted by molar-refractivity contribution is 5.85. The molecule has 2 N–H and O–H groups in total. The summed E-state index contributed by atoms with van der Waals surface area (Å²) in [5.74, 6) is 0.663. The molecule has 1 atom stereocenters. The van der Waals surface area contributed by atoms with E-state index in [1.807, 2.05) is 30.3 Å². The molecule has 2 nitrogen and oxygen atoms in total. The Bertz CT molecular complexity index is 573. The van der Waals surface area contributed by atoms with Crippen LogP contribution in [0.15, 0.2) is 54.6 Å². The molecule has 0 radical (unpaired) electrons. The average Bonchev–Trinajstić information content (AvgIpc) is 2.51. The lowest BCUT2D eigenvalue weighted by Gasteiger charge is -2.14. The molecule has 0 saturated heterocycles. The van der Waals surface area contributed by atoms with Gasteiger partial charge in [0.25, 0.3) is 0 Å². The molecule has 0 fully saturated rings. The number of benzene rings is 2. The highest BCUT2D eigenvalue weighted by Crippen LogP contribution is 2.27. The third-order valence-electron chi connectivity index (χ3n) is 3.30. The first-order valence-corrected chi connectivity index (χ1v) is 7.03. The Balaban J connectivity index is 0.00000264. The maximum atomic E-state index is 12.2. The minimum absolute atomic E-state index is 0. The molecule has 0 bridgehead atoms. The van der Waals surface area contributed by atoms with Gasteiger partial charge in [-0.05, 0) is 29.7 Å². The van der Waals surface area contributed by atoms with Gasteiger partial charge in [0.15, 0.2) is 0 Å². The van der Waals surface area contributed by atoms with Crippen LogP contribution >= 0.6 is 12.4 Å². The van der Waals surface area contributed by atoms with Crippen molar-refractivity contribution in [1.29, 1.82) is 0 Å². The molecule has 0 saturated carbocycles. The average molecular weight is 346 g/mol. The van der Waals surface area contributed by atoms with Crippen LogP contribution < -0.4 is 10.5 Å². The summed E-state index contributed by atoms with van der Waals surface area (Å²) in [5, 5.41) is 0. The quantitative estimate of drug-likeness (QED) is 0.797. The number of halogens is 4. The first-order valence-electron chi connectivity index (χ1n) is 7.03. The number of ether oxygens (including phenoxy) is 1. The molecule has 2 aromatic carbocycles. The minimum Gasteiger partial charge on any atom is -0.489 e. The van der Waals surface area contributed by atoms with Gasteiger partial charge in [0.05, 0.1) is 0 Å². The molecule has 0 spiro atoms. The van der Waals surface area contributed by atoms with Gasteiger partial charge in [0.1, 0.15) is 12.4 Å². The zero-order chi connectivity index (χ0) is 16.0. The fraction of sp³-hybridized carbons (Fsp3) is 0.294. The highest BCUT2D eigenvalue weighted by Gasteiger charge is 2.27. The monoisotopic (exact) mass is 345 g/mol. The molecule has 2 aromatic rings. The first-order chi connectivity index (χ1) is 10.4. The second kappa shape index (κ2) is 8.79. The molecule has 6 heteroatoms. The molecule has 0 unspecified atom stereocenters. The molecular weight excluding hydrogens is 327 g/mol. The minimum atomic E-state index is -4.17. The van der Waals surface area contributed by atoms with E-state index in [1.165, 1.54) is 0 Å². The third kappa shape index (κ3) is 6.93. The number of hydrogen-bond acceptors (Lipinski definition) is 2. The molecular formula is C17H19ClF3NO. The zero-order valence-electron chi connectivity index (χ0n) is 12.4. The van der Waals surface area contributed by atoms with E-state index in [-0.39, 0.29) is 18.8 Å². The van der Waals surface area contributed by atoms with Crippen LogP contribution in [-0.4, -0.2) is 6.18 Å². The molecule has 2 rings (SSSR count). The number of nitrogens with two attached hydrogens (primary N) is 1. The SMILES string of the molecule is Cl.N[C@@H](CCC(F)(F)F)c1ccc(OCc2ccccc2)cc1. The smallest absolute Gasteiger partial charge is 0.389 e. The van der Waals surface area contributed by atoms with Crippen LogP contribution in [-0.2, 0) is 6.61 Å². The summed E-state index contributed by atoms with van der Waals surface area (Å²) < 4.78 is 42.2. The Hall–Kier alpha value is -1.72.